The Balaban J connectivity index is 1.84. The molecular formula is C15H20FN3O4. The van der Waals surface area contributed by atoms with Crippen molar-refractivity contribution < 1.29 is 23.8 Å². The first-order chi connectivity index (χ1) is 11.0. The number of carbonyl (C=O) groups is 2. The summed E-state index contributed by atoms with van der Waals surface area (Å²) in [6.07, 6.45) is 1.44. The SMILES string of the molecule is CC[C@H](NC(=O)O)C(=O)N1CCC(Oc2ccc(F)cn2)CC1. The molecule has 1 aliphatic rings. The average molecular weight is 325 g/mol. The van der Waals surface area contributed by atoms with Gasteiger partial charge in [0.15, 0.2) is 0 Å². The highest BCUT2D eigenvalue weighted by Crippen LogP contribution is 2.18. The predicted octanol–water partition coefficient (Wildman–Crippen LogP) is 1.64. The molecule has 2 amide bonds. The number of halogens is 1. The van der Waals surface area contributed by atoms with Crippen LogP contribution in [0.4, 0.5) is 9.18 Å². The standard InChI is InChI=1S/C15H20FN3O4/c1-2-12(18-15(21)22)14(20)19-7-5-11(6-8-19)23-13-4-3-10(16)9-17-13/h3-4,9,11-12,18H,2,5-8H2,1H3,(H,21,22)/t12-/m0/s1. The van der Waals surface area contributed by atoms with E-state index in [0.717, 1.165) is 6.20 Å². The molecule has 0 spiro atoms. The van der Waals surface area contributed by atoms with Gasteiger partial charge < -0.3 is 20.1 Å². The van der Waals surface area contributed by atoms with Crippen molar-refractivity contribution in [1.29, 1.82) is 0 Å². The highest BCUT2D eigenvalue weighted by molar-refractivity contribution is 5.85. The lowest BCUT2D eigenvalue weighted by Gasteiger charge is -2.33. The van der Waals surface area contributed by atoms with Crippen LogP contribution in [0.15, 0.2) is 18.3 Å². The monoisotopic (exact) mass is 325 g/mol. The normalized spacial score (nSPS) is 16.7. The van der Waals surface area contributed by atoms with Crippen molar-refractivity contribution in [2.45, 2.75) is 38.3 Å². The molecule has 126 valence electrons. The van der Waals surface area contributed by atoms with Crippen LogP contribution in [0.5, 0.6) is 5.88 Å². The zero-order chi connectivity index (χ0) is 16.8. The lowest BCUT2D eigenvalue weighted by molar-refractivity contribution is -0.135. The van der Waals surface area contributed by atoms with Crippen LogP contribution >= 0.6 is 0 Å². The van der Waals surface area contributed by atoms with E-state index in [-0.39, 0.29) is 12.0 Å². The van der Waals surface area contributed by atoms with Gasteiger partial charge in [0.05, 0.1) is 6.20 Å². The molecule has 0 bridgehead atoms. The maximum absolute atomic E-state index is 12.8. The van der Waals surface area contributed by atoms with E-state index >= 15 is 0 Å². The lowest BCUT2D eigenvalue weighted by Crippen LogP contribution is -2.51. The Bertz CT molecular complexity index is 544. The maximum atomic E-state index is 12.8. The number of nitrogens with one attached hydrogen (secondary N) is 1. The third kappa shape index (κ3) is 4.80. The first-order valence-corrected chi connectivity index (χ1v) is 7.56. The number of carbonyl (C=O) groups excluding carboxylic acids is 1. The Hall–Kier alpha value is -2.38. The minimum absolute atomic E-state index is 0.0930. The molecule has 1 atom stereocenters. The third-order valence-electron chi connectivity index (χ3n) is 3.75. The summed E-state index contributed by atoms with van der Waals surface area (Å²) >= 11 is 0. The highest BCUT2D eigenvalue weighted by Gasteiger charge is 2.29. The van der Waals surface area contributed by atoms with E-state index in [1.54, 1.807) is 11.8 Å². The fourth-order valence-electron chi connectivity index (χ4n) is 2.50. The molecule has 0 radical (unpaired) electrons. The van der Waals surface area contributed by atoms with Crippen LogP contribution in [-0.2, 0) is 4.79 Å². The number of carboxylic acid groups (broad SMARTS) is 1. The van der Waals surface area contributed by atoms with Gasteiger partial charge in [-0.15, -0.1) is 0 Å². The Morgan fingerprint density at radius 1 is 1.48 bits per heavy atom. The predicted molar refractivity (Wildman–Crippen MR) is 79.7 cm³/mol. The number of likely N-dealkylation sites (tertiary alicyclic amines) is 1. The van der Waals surface area contributed by atoms with E-state index < -0.39 is 18.0 Å². The molecule has 0 unspecified atom stereocenters. The maximum Gasteiger partial charge on any atom is 0.405 e. The van der Waals surface area contributed by atoms with Gasteiger partial charge in [-0.3, -0.25) is 4.79 Å². The number of aromatic nitrogens is 1. The number of piperidine rings is 1. The molecule has 1 aromatic rings. The summed E-state index contributed by atoms with van der Waals surface area (Å²) in [7, 11) is 0. The van der Waals surface area contributed by atoms with Crippen molar-refractivity contribution >= 4 is 12.0 Å². The van der Waals surface area contributed by atoms with Crippen molar-refractivity contribution in [2.24, 2.45) is 0 Å². The molecule has 1 saturated heterocycles. The number of ether oxygens (including phenoxy) is 1. The topological polar surface area (TPSA) is 91.8 Å². The molecule has 2 rings (SSSR count). The molecule has 7 nitrogen and oxygen atoms in total. The number of rotatable bonds is 5. The zero-order valence-corrected chi connectivity index (χ0v) is 12.9. The van der Waals surface area contributed by atoms with Gasteiger partial charge in [0.25, 0.3) is 0 Å². The summed E-state index contributed by atoms with van der Waals surface area (Å²) in [5.41, 5.74) is 0. The number of hydrogen-bond donors (Lipinski definition) is 2. The van der Waals surface area contributed by atoms with Crippen molar-refractivity contribution in [3.8, 4) is 5.88 Å². The molecule has 0 saturated carbocycles. The van der Waals surface area contributed by atoms with Crippen LogP contribution in [0.25, 0.3) is 0 Å². The number of amides is 2. The van der Waals surface area contributed by atoms with E-state index in [1.165, 1.54) is 12.1 Å². The van der Waals surface area contributed by atoms with Gasteiger partial charge in [0, 0.05) is 32.0 Å². The first kappa shape index (κ1) is 17.0. The number of pyridine rings is 1. The molecule has 1 aliphatic heterocycles. The van der Waals surface area contributed by atoms with Crippen molar-refractivity contribution in [1.82, 2.24) is 15.2 Å². The minimum atomic E-state index is -1.20. The van der Waals surface area contributed by atoms with Crippen LogP contribution in [-0.4, -0.2) is 52.2 Å². The quantitative estimate of drug-likeness (QED) is 0.858. The van der Waals surface area contributed by atoms with Crippen LogP contribution in [0.2, 0.25) is 0 Å². The summed E-state index contributed by atoms with van der Waals surface area (Å²) in [6, 6.07) is 2.03. The molecular weight excluding hydrogens is 305 g/mol. The van der Waals surface area contributed by atoms with Gasteiger partial charge in [-0.1, -0.05) is 6.92 Å². The Morgan fingerprint density at radius 3 is 2.70 bits per heavy atom. The molecule has 1 aromatic heterocycles. The largest absolute Gasteiger partial charge is 0.474 e. The summed E-state index contributed by atoms with van der Waals surface area (Å²) in [5.74, 6) is -0.280. The smallest absolute Gasteiger partial charge is 0.405 e. The molecule has 2 N–H and O–H groups in total. The second-order valence-corrected chi connectivity index (χ2v) is 5.37. The first-order valence-electron chi connectivity index (χ1n) is 7.56. The van der Waals surface area contributed by atoms with E-state index in [4.69, 9.17) is 9.84 Å². The van der Waals surface area contributed by atoms with Crippen molar-refractivity contribution in [3.63, 3.8) is 0 Å². The van der Waals surface area contributed by atoms with Crippen LogP contribution in [0.3, 0.4) is 0 Å². The lowest BCUT2D eigenvalue weighted by atomic mass is 10.1. The van der Waals surface area contributed by atoms with Gasteiger partial charge >= 0.3 is 6.09 Å². The number of nitrogens with zero attached hydrogens (tertiary/aromatic N) is 2. The van der Waals surface area contributed by atoms with E-state index in [1.807, 2.05) is 0 Å². The second kappa shape index (κ2) is 7.75. The van der Waals surface area contributed by atoms with Gasteiger partial charge in [-0.25, -0.2) is 14.2 Å². The van der Waals surface area contributed by atoms with E-state index in [9.17, 15) is 14.0 Å². The van der Waals surface area contributed by atoms with Crippen LogP contribution < -0.4 is 10.1 Å². The Labute approximate surface area is 133 Å². The molecule has 0 aromatic carbocycles. The van der Waals surface area contributed by atoms with Gasteiger partial charge in [-0.05, 0) is 12.5 Å². The Morgan fingerprint density at radius 2 is 2.17 bits per heavy atom. The fourth-order valence-corrected chi connectivity index (χ4v) is 2.50. The summed E-state index contributed by atoms with van der Waals surface area (Å²) in [4.78, 5) is 28.5. The molecule has 1 fully saturated rings. The van der Waals surface area contributed by atoms with Crippen molar-refractivity contribution in [3.05, 3.63) is 24.1 Å². The summed E-state index contributed by atoms with van der Waals surface area (Å²) < 4.78 is 18.5. The molecule has 23 heavy (non-hydrogen) atoms. The van der Waals surface area contributed by atoms with Gasteiger partial charge in [0.1, 0.15) is 18.0 Å². The van der Waals surface area contributed by atoms with E-state index in [2.05, 4.69) is 10.3 Å². The fraction of sp³-hybridized carbons (Fsp3) is 0.533. The molecule has 2 heterocycles. The summed E-state index contributed by atoms with van der Waals surface area (Å²) in [5, 5.41) is 11.0. The molecule has 0 aliphatic carbocycles. The van der Waals surface area contributed by atoms with Crippen LogP contribution in [0, 0.1) is 5.82 Å². The number of hydrogen-bond acceptors (Lipinski definition) is 4. The van der Waals surface area contributed by atoms with E-state index in [0.29, 0.717) is 38.2 Å². The minimum Gasteiger partial charge on any atom is -0.474 e. The average Bonchev–Trinajstić information content (AvgIpc) is 2.54. The van der Waals surface area contributed by atoms with Gasteiger partial charge in [0.2, 0.25) is 11.8 Å². The second-order valence-electron chi connectivity index (χ2n) is 5.37. The highest BCUT2D eigenvalue weighted by atomic mass is 19.1. The third-order valence-corrected chi connectivity index (χ3v) is 3.75. The summed E-state index contributed by atoms with van der Waals surface area (Å²) in [6.45, 7) is 2.74. The molecule has 8 heteroatoms. The van der Waals surface area contributed by atoms with Gasteiger partial charge in [-0.2, -0.15) is 0 Å². The van der Waals surface area contributed by atoms with Crippen LogP contribution in [0.1, 0.15) is 26.2 Å². The zero-order valence-electron chi connectivity index (χ0n) is 12.9. The Kier molecular flexibility index (Phi) is 5.72. The van der Waals surface area contributed by atoms with Crippen molar-refractivity contribution in [2.75, 3.05) is 13.1 Å².